The predicted molar refractivity (Wildman–Crippen MR) is 73.7 cm³/mol. The number of likely N-dealkylation sites (N-methyl/N-ethyl adjacent to an activating group) is 1. The molecule has 1 aromatic rings. The lowest BCUT2D eigenvalue weighted by Gasteiger charge is -2.22. The highest BCUT2D eigenvalue weighted by Crippen LogP contribution is 2.31. The van der Waals surface area contributed by atoms with Gasteiger partial charge in [-0.05, 0) is 25.0 Å². The Morgan fingerprint density at radius 1 is 1.36 bits per heavy atom. The van der Waals surface area contributed by atoms with Crippen LogP contribution in [0.5, 0.6) is 0 Å². The summed E-state index contributed by atoms with van der Waals surface area (Å²) in [6.45, 7) is 1.97. The van der Waals surface area contributed by atoms with Gasteiger partial charge in [-0.1, -0.05) is 18.2 Å². The van der Waals surface area contributed by atoms with Crippen molar-refractivity contribution >= 4 is 11.8 Å². The number of nitrogens with zero attached hydrogens (tertiary/aromatic N) is 1. The molecule has 0 saturated carbocycles. The number of carbonyl (C=O) groups is 2. The number of likely N-dealkylation sites (tertiary alicyclic amines) is 1. The normalized spacial score (nSPS) is 18.6. The number of benzene rings is 1. The van der Waals surface area contributed by atoms with E-state index in [-0.39, 0.29) is 18.0 Å². The van der Waals surface area contributed by atoms with E-state index in [1.165, 1.54) is 23.1 Å². The fourth-order valence-electron chi connectivity index (χ4n) is 2.65. The van der Waals surface area contributed by atoms with Crippen molar-refractivity contribution in [3.63, 3.8) is 0 Å². The van der Waals surface area contributed by atoms with Crippen molar-refractivity contribution in [2.45, 2.75) is 38.5 Å². The summed E-state index contributed by atoms with van der Waals surface area (Å²) in [6, 6.07) is 4.53. The average molecular weight is 314 g/mol. The molecule has 0 aromatic heterocycles. The van der Waals surface area contributed by atoms with Crippen LogP contribution in [0.2, 0.25) is 0 Å². The molecule has 0 aliphatic carbocycles. The molecule has 1 aromatic carbocycles. The van der Waals surface area contributed by atoms with Crippen LogP contribution in [0, 0.1) is 0 Å². The molecule has 1 heterocycles. The van der Waals surface area contributed by atoms with Crippen LogP contribution in [0.15, 0.2) is 24.3 Å². The van der Waals surface area contributed by atoms with Gasteiger partial charge in [0, 0.05) is 19.5 Å². The van der Waals surface area contributed by atoms with E-state index in [0.29, 0.717) is 19.4 Å². The van der Waals surface area contributed by atoms with Crippen molar-refractivity contribution in [2.75, 3.05) is 6.54 Å². The Morgan fingerprint density at radius 2 is 2.05 bits per heavy atom. The number of hydrogen-bond acceptors (Lipinski definition) is 2. The molecule has 120 valence electrons. The summed E-state index contributed by atoms with van der Waals surface area (Å²) in [5, 5.41) is 2.51. The van der Waals surface area contributed by atoms with E-state index >= 15 is 0 Å². The summed E-state index contributed by atoms with van der Waals surface area (Å²) in [5.41, 5.74) is -0.749. The second-order valence-electron chi connectivity index (χ2n) is 5.11. The fourth-order valence-corrected chi connectivity index (χ4v) is 2.65. The lowest BCUT2D eigenvalue weighted by molar-refractivity contribution is -0.138. The van der Waals surface area contributed by atoms with E-state index in [9.17, 15) is 22.8 Å². The number of amides is 2. The van der Waals surface area contributed by atoms with E-state index in [1.807, 2.05) is 0 Å². The first-order valence-electron chi connectivity index (χ1n) is 7.07. The summed E-state index contributed by atoms with van der Waals surface area (Å²) in [4.78, 5) is 25.1. The molecule has 0 spiro atoms. The van der Waals surface area contributed by atoms with Crippen LogP contribution in [-0.2, 0) is 22.3 Å². The van der Waals surface area contributed by atoms with Crippen LogP contribution in [0.3, 0.4) is 0 Å². The van der Waals surface area contributed by atoms with Gasteiger partial charge in [-0.3, -0.25) is 9.59 Å². The summed E-state index contributed by atoms with van der Waals surface area (Å²) >= 11 is 0. The highest BCUT2D eigenvalue weighted by Gasteiger charge is 2.36. The second kappa shape index (κ2) is 6.37. The maximum absolute atomic E-state index is 12.9. The van der Waals surface area contributed by atoms with Crippen LogP contribution in [0.25, 0.3) is 0 Å². The zero-order chi connectivity index (χ0) is 16.3. The first-order chi connectivity index (χ1) is 10.3. The third kappa shape index (κ3) is 3.40. The highest BCUT2D eigenvalue weighted by molar-refractivity contribution is 5.90. The molecule has 7 heteroatoms. The first-order valence-corrected chi connectivity index (χ1v) is 7.07. The molecule has 1 atom stereocenters. The third-order valence-electron chi connectivity index (χ3n) is 3.75. The SMILES string of the molecule is CCN1C(=O)CCC1C(=O)NCc1ccccc1C(F)(F)F. The highest BCUT2D eigenvalue weighted by atomic mass is 19.4. The number of nitrogens with one attached hydrogen (secondary N) is 1. The molecular formula is C15H17F3N2O2. The first kappa shape index (κ1) is 16.3. The molecule has 22 heavy (non-hydrogen) atoms. The van der Waals surface area contributed by atoms with Gasteiger partial charge in [0.15, 0.2) is 0 Å². The lowest BCUT2D eigenvalue weighted by Crippen LogP contribution is -2.44. The maximum Gasteiger partial charge on any atom is 0.416 e. The molecule has 2 amide bonds. The van der Waals surface area contributed by atoms with Gasteiger partial charge in [0.05, 0.1) is 5.56 Å². The van der Waals surface area contributed by atoms with Crippen LogP contribution >= 0.6 is 0 Å². The number of alkyl halides is 3. The molecule has 0 radical (unpaired) electrons. The molecule has 1 unspecified atom stereocenters. The smallest absolute Gasteiger partial charge is 0.350 e. The fraction of sp³-hybridized carbons (Fsp3) is 0.467. The molecule has 1 N–H and O–H groups in total. The van der Waals surface area contributed by atoms with Crippen LogP contribution in [0.4, 0.5) is 13.2 Å². The minimum absolute atomic E-state index is 0.00993. The average Bonchev–Trinajstić information content (AvgIpc) is 2.85. The van der Waals surface area contributed by atoms with E-state index < -0.39 is 23.7 Å². The monoisotopic (exact) mass is 314 g/mol. The van der Waals surface area contributed by atoms with Gasteiger partial charge < -0.3 is 10.2 Å². The number of rotatable bonds is 4. The van der Waals surface area contributed by atoms with E-state index in [2.05, 4.69) is 5.32 Å². The van der Waals surface area contributed by atoms with Crippen molar-refractivity contribution in [1.29, 1.82) is 0 Å². The Hall–Kier alpha value is -2.05. The molecule has 1 aliphatic rings. The summed E-state index contributed by atoms with van der Waals surface area (Å²) in [5.74, 6) is -0.511. The van der Waals surface area contributed by atoms with Gasteiger partial charge in [-0.2, -0.15) is 13.2 Å². The predicted octanol–water partition coefficient (Wildman–Crippen LogP) is 2.33. The van der Waals surface area contributed by atoms with Crippen LogP contribution < -0.4 is 5.32 Å². The van der Waals surface area contributed by atoms with Crippen molar-refractivity contribution in [1.82, 2.24) is 10.2 Å². The Bertz CT molecular complexity index is 572. The van der Waals surface area contributed by atoms with Gasteiger partial charge in [0.25, 0.3) is 0 Å². The van der Waals surface area contributed by atoms with Gasteiger partial charge in [-0.25, -0.2) is 0 Å². The molecule has 2 rings (SSSR count). The Labute approximate surface area is 126 Å². The van der Waals surface area contributed by atoms with Gasteiger partial charge in [0.1, 0.15) is 6.04 Å². The standard InChI is InChI=1S/C15H17F3N2O2/c1-2-20-12(7-8-13(20)21)14(22)19-9-10-5-3-4-6-11(10)15(16,17)18/h3-6,12H,2,7-9H2,1H3,(H,19,22). The number of hydrogen-bond donors (Lipinski definition) is 1. The van der Waals surface area contributed by atoms with E-state index in [0.717, 1.165) is 6.07 Å². The Morgan fingerprint density at radius 3 is 2.68 bits per heavy atom. The topological polar surface area (TPSA) is 49.4 Å². The Balaban J connectivity index is 2.05. The molecule has 1 saturated heterocycles. The second-order valence-corrected chi connectivity index (χ2v) is 5.11. The minimum Gasteiger partial charge on any atom is -0.350 e. The Kier molecular flexibility index (Phi) is 4.73. The quantitative estimate of drug-likeness (QED) is 0.927. The van der Waals surface area contributed by atoms with E-state index in [4.69, 9.17) is 0 Å². The zero-order valence-electron chi connectivity index (χ0n) is 12.1. The molecule has 1 aliphatic heterocycles. The number of halogens is 3. The lowest BCUT2D eigenvalue weighted by atomic mass is 10.1. The molecule has 0 bridgehead atoms. The molecular weight excluding hydrogens is 297 g/mol. The zero-order valence-corrected chi connectivity index (χ0v) is 12.1. The third-order valence-corrected chi connectivity index (χ3v) is 3.75. The van der Waals surface area contributed by atoms with Crippen molar-refractivity contribution in [3.8, 4) is 0 Å². The molecule has 4 nitrogen and oxygen atoms in total. The molecule has 1 fully saturated rings. The van der Waals surface area contributed by atoms with E-state index in [1.54, 1.807) is 6.92 Å². The van der Waals surface area contributed by atoms with Crippen molar-refractivity contribution in [3.05, 3.63) is 35.4 Å². The maximum atomic E-state index is 12.9. The summed E-state index contributed by atoms with van der Waals surface area (Å²) in [7, 11) is 0. The number of carbonyl (C=O) groups excluding carboxylic acids is 2. The largest absolute Gasteiger partial charge is 0.416 e. The van der Waals surface area contributed by atoms with Crippen molar-refractivity contribution in [2.24, 2.45) is 0 Å². The summed E-state index contributed by atoms with van der Waals surface area (Å²) < 4.78 is 38.6. The minimum atomic E-state index is -4.46. The van der Waals surface area contributed by atoms with Gasteiger partial charge in [-0.15, -0.1) is 0 Å². The van der Waals surface area contributed by atoms with Crippen molar-refractivity contribution < 1.29 is 22.8 Å². The van der Waals surface area contributed by atoms with Gasteiger partial charge >= 0.3 is 6.18 Å². The van der Waals surface area contributed by atoms with Crippen LogP contribution in [-0.4, -0.2) is 29.3 Å². The summed E-state index contributed by atoms with van der Waals surface area (Å²) in [6.07, 6.45) is -3.76. The van der Waals surface area contributed by atoms with Gasteiger partial charge in [0.2, 0.25) is 11.8 Å². The van der Waals surface area contributed by atoms with Crippen LogP contribution in [0.1, 0.15) is 30.9 Å².